The number of carbonyl (C=O) groups is 1. The van der Waals surface area contributed by atoms with Crippen molar-refractivity contribution in [2.45, 2.75) is 45.2 Å². The Morgan fingerprint density at radius 3 is 2.95 bits per heavy atom. The first kappa shape index (κ1) is 14.5. The van der Waals surface area contributed by atoms with Gasteiger partial charge in [-0.3, -0.25) is 9.78 Å². The number of amides is 1. The summed E-state index contributed by atoms with van der Waals surface area (Å²) in [5.74, 6) is 1.32. The SMILES string of the molecule is CCC1CN(C(=O)C2CC2)CCC1NCc1cccnc1. The molecule has 4 heteroatoms. The Morgan fingerprint density at radius 1 is 1.43 bits per heavy atom. The average molecular weight is 287 g/mol. The first-order valence-electron chi connectivity index (χ1n) is 8.19. The molecule has 1 aromatic rings. The summed E-state index contributed by atoms with van der Waals surface area (Å²) in [6.07, 6.45) is 8.13. The Labute approximate surface area is 126 Å². The molecule has 0 aromatic carbocycles. The Bertz CT molecular complexity index is 472. The lowest BCUT2D eigenvalue weighted by Crippen LogP contribution is -2.51. The van der Waals surface area contributed by atoms with Crippen molar-refractivity contribution in [3.05, 3.63) is 30.1 Å². The van der Waals surface area contributed by atoms with Gasteiger partial charge in [0.25, 0.3) is 0 Å². The molecule has 4 nitrogen and oxygen atoms in total. The number of rotatable bonds is 5. The minimum atomic E-state index is 0.349. The van der Waals surface area contributed by atoms with E-state index < -0.39 is 0 Å². The molecule has 0 spiro atoms. The summed E-state index contributed by atoms with van der Waals surface area (Å²) in [6.45, 7) is 4.94. The van der Waals surface area contributed by atoms with Gasteiger partial charge in [0.15, 0.2) is 0 Å². The zero-order valence-corrected chi connectivity index (χ0v) is 12.8. The number of hydrogen-bond donors (Lipinski definition) is 1. The van der Waals surface area contributed by atoms with E-state index in [1.807, 2.05) is 12.3 Å². The smallest absolute Gasteiger partial charge is 0.225 e. The summed E-state index contributed by atoms with van der Waals surface area (Å²) in [4.78, 5) is 18.5. The molecule has 2 fully saturated rings. The summed E-state index contributed by atoms with van der Waals surface area (Å²) >= 11 is 0. The molecule has 114 valence electrons. The number of nitrogens with one attached hydrogen (secondary N) is 1. The van der Waals surface area contributed by atoms with Gasteiger partial charge >= 0.3 is 0 Å². The van der Waals surface area contributed by atoms with Gasteiger partial charge in [0.2, 0.25) is 5.91 Å². The van der Waals surface area contributed by atoms with Crippen LogP contribution in [0.5, 0.6) is 0 Å². The van der Waals surface area contributed by atoms with Gasteiger partial charge in [-0.05, 0) is 36.8 Å². The molecule has 21 heavy (non-hydrogen) atoms. The Kier molecular flexibility index (Phi) is 4.54. The molecule has 1 aromatic heterocycles. The standard InChI is InChI=1S/C17H25N3O/c1-2-14-12-20(17(21)15-5-6-15)9-7-16(14)19-11-13-4-3-8-18-10-13/h3-4,8,10,14-16,19H,2,5-7,9,11-12H2,1H3. The molecule has 0 bridgehead atoms. The van der Waals surface area contributed by atoms with E-state index in [2.05, 4.69) is 28.2 Å². The fourth-order valence-corrected chi connectivity index (χ4v) is 3.25. The Morgan fingerprint density at radius 2 is 2.29 bits per heavy atom. The molecule has 1 N–H and O–H groups in total. The van der Waals surface area contributed by atoms with Gasteiger partial charge in [0.05, 0.1) is 0 Å². The molecule has 1 aliphatic carbocycles. The van der Waals surface area contributed by atoms with Crippen LogP contribution in [-0.4, -0.2) is 34.9 Å². The highest BCUT2D eigenvalue weighted by Gasteiger charge is 2.37. The minimum absolute atomic E-state index is 0.349. The van der Waals surface area contributed by atoms with Gasteiger partial charge in [0, 0.05) is 44.0 Å². The van der Waals surface area contributed by atoms with E-state index in [0.717, 1.165) is 45.3 Å². The lowest BCUT2D eigenvalue weighted by Gasteiger charge is -2.39. The predicted molar refractivity (Wildman–Crippen MR) is 82.6 cm³/mol. The van der Waals surface area contributed by atoms with E-state index in [-0.39, 0.29) is 0 Å². The predicted octanol–water partition coefficient (Wildman–Crippen LogP) is 2.21. The van der Waals surface area contributed by atoms with Crippen LogP contribution in [0, 0.1) is 11.8 Å². The molecule has 1 amide bonds. The molecule has 2 heterocycles. The zero-order chi connectivity index (χ0) is 14.7. The van der Waals surface area contributed by atoms with Crippen LogP contribution >= 0.6 is 0 Å². The van der Waals surface area contributed by atoms with Gasteiger partial charge in [-0.2, -0.15) is 0 Å². The lowest BCUT2D eigenvalue weighted by molar-refractivity contribution is -0.134. The van der Waals surface area contributed by atoms with E-state index in [0.29, 0.717) is 23.8 Å². The number of pyridine rings is 1. The first-order valence-corrected chi connectivity index (χ1v) is 8.19. The second-order valence-corrected chi connectivity index (χ2v) is 6.36. The van der Waals surface area contributed by atoms with Crippen molar-refractivity contribution in [3.8, 4) is 0 Å². The zero-order valence-electron chi connectivity index (χ0n) is 12.8. The van der Waals surface area contributed by atoms with Crippen LogP contribution in [0.25, 0.3) is 0 Å². The van der Waals surface area contributed by atoms with Gasteiger partial charge in [-0.1, -0.05) is 19.4 Å². The minimum Gasteiger partial charge on any atom is -0.342 e. The van der Waals surface area contributed by atoms with E-state index in [9.17, 15) is 4.79 Å². The third-order valence-electron chi connectivity index (χ3n) is 4.79. The summed E-state index contributed by atoms with van der Waals surface area (Å²) in [6, 6.07) is 4.59. The van der Waals surface area contributed by atoms with Crippen molar-refractivity contribution >= 4 is 5.91 Å². The second-order valence-electron chi connectivity index (χ2n) is 6.36. The second kappa shape index (κ2) is 6.56. The van der Waals surface area contributed by atoms with Crippen LogP contribution in [-0.2, 0) is 11.3 Å². The number of aromatic nitrogens is 1. The molecule has 1 aliphatic heterocycles. The highest BCUT2D eigenvalue weighted by Crippen LogP contribution is 2.33. The molecular weight excluding hydrogens is 262 g/mol. The average Bonchev–Trinajstić information content (AvgIpc) is 3.38. The maximum absolute atomic E-state index is 12.2. The summed E-state index contributed by atoms with van der Waals surface area (Å²) in [5.41, 5.74) is 1.23. The number of hydrogen-bond acceptors (Lipinski definition) is 3. The van der Waals surface area contributed by atoms with E-state index >= 15 is 0 Å². The third kappa shape index (κ3) is 3.62. The molecule has 2 aliphatic rings. The fraction of sp³-hybridized carbons (Fsp3) is 0.647. The van der Waals surface area contributed by atoms with Crippen LogP contribution in [0.4, 0.5) is 0 Å². The van der Waals surface area contributed by atoms with E-state index in [4.69, 9.17) is 0 Å². The molecule has 3 rings (SSSR count). The summed E-state index contributed by atoms with van der Waals surface area (Å²) in [7, 11) is 0. The van der Waals surface area contributed by atoms with Crippen LogP contribution < -0.4 is 5.32 Å². The number of carbonyl (C=O) groups excluding carboxylic acids is 1. The maximum Gasteiger partial charge on any atom is 0.225 e. The van der Waals surface area contributed by atoms with E-state index in [1.165, 1.54) is 5.56 Å². The topological polar surface area (TPSA) is 45.2 Å². The quantitative estimate of drug-likeness (QED) is 0.903. The third-order valence-corrected chi connectivity index (χ3v) is 4.79. The molecular formula is C17H25N3O. The largest absolute Gasteiger partial charge is 0.342 e. The Hall–Kier alpha value is -1.42. The summed E-state index contributed by atoms with van der Waals surface area (Å²) < 4.78 is 0. The molecule has 1 saturated carbocycles. The number of piperidine rings is 1. The normalized spacial score (nSPS) is 25.9. The summed E-state index contributed by atoms with van der Waals surface area (Å²) in [5, 5.41) is 3.67. The Balaban J connectivity index is 1.53. The fourth-order valence-electron chi connectivity index (χ4n) is 3.25. The molecule has 1 saturated heterocycles. The van der Waals surface area contributed by atoms with Crippen molar-refractivity contribution in [1.82, 2.24) is 15.2 Å². The monoisotopic (exact) mass is 287 g/mol. The van der Waals surface area contributed by atoms with Crippen LogP contribution in [0.3, 0.4) is 0 Å². The van der Waals surface area contributed by atoms with E-state index in [1.54, 1.807) is 6.20 Å². The van der Waals surface area contributed by atoms with Crippen molar-refractivity contribution < 1.29 is 4.79 Å². The van der Waals surface area contributed by atoms with Crippen molar-refractivity contribution in [2.24, 2.45) is 11.8 Å². The maximum atomic E-state index is 12.2. The van der Waals surface area contributed by atoms with Crippen LogP contribution in [0.1, 0.15) is 38.2 Å². The van der Waals surface area contributed by atoms with Gasteiger partial charge in [0.1, 0.15) is 0 Å². The highest BCUT2D eigenvalue weighted by molar-refractivity contribution is 5.81. The van der Waals surface area contributed by atoms with Gasteiger partial charge in [-0.15, -0.1) is 0 Å². The van der Waals surface area contributed by atoms with Crippen LogP contribution in [0.2, 0.25) is 0 Å². The molecule has 0 radical (unpaired) electrons. The number of nitrogens with zero attached hydrogens (tertiary/aromatic N) is 2. The number of likely N-dealkylation sites (tertiary alicyclic amines) is 1. The lowest BCUT2D eigenvalue weighted by atomic mass is 9.89. The van der Waals surface area contributed by atoms with Crippen molar-refractivity contribution in [2.75, 3.05) is 13.1 Å². The van der Waals surface area contributed by atoms with Crippen LogP contribution in [0.15, 0.2) is 24.5 Å². The van der Waals surface area contributed by atoms with Gasteiger partial charge in [-0.25, -0.2) is 0 Å². The first-order chi connectivity index (χ1) is 10.3. The van der Waals surface area contributed by atoms with Crippen molar-refractivity contribution in [3.63, 3.8) is 0 Å². The van der Waals surface area contributed by atoms with Crippen molar-refractivity contribution in [1.29, 1.82) is 0 Å². The molecule has 2 unspecified atom stereocenters. The highest BCUT2D eigenvalue weighted by atomic mass is 16.2. The van der Waals surface area contributed by atoms with Gasteiger partial charge < -0.3 is 10.2 Å². The molecule has 2 atom stereocenters.